The molecule has 0 aromatic heterocycles. The van der Waals surface area contributed by atoms with Crippen molar-refractivity contribution in [2.75, 3.05) is 6.54 Å². The van der Waals surface area contributed by atoms with Gasteiger partial charge >= 0.3 is 0 Å². The standard InChI is InChI=1S/C13H16ClFN2O2/c1-3-6-16-12(18)8(2)17-13(19)10-7-9(14)4-5-11(10)15/h4-5,7-8H,3,6H2,1-2H3,(H,16,18)(H,17,19). The molecule has 2 N–H and O–H groups in total. The zero-order valence-corrected chi connectivity index (χ0v) is 11.6. The molecule has 2 amide bonds. The fraction of sp³-hybridized carbons (Fsp3) is 0.385. The molecule has 1 rings (SSSR count). The second-order valence-electron chi connectivity index (χ2n) is 4.11. The summed E-state index contributed by atoms with van der Waals surface area (Å²) in [6, 6.07) is 2.95. The number of rotatable bonds is 5. The third kappa shape index (κ3) is 4.52. The normalized spacial score (nSPS) is 11.8. The molecule has 104 valence electrons. The Labute approximate surface area is 116 Å². The van der Waals surface area contributed by atoms with Gasteiger partial charge in [-0.05, 0) is 31.5 Å². The number of hydrogen-bond acceptors (Lipinski definition) is 2. The number of benzene rings is 1. The van der Waals surface area contributed by atoms with Gasteiger partial charge in [-0.15, -0.1) is 0 Å². The molecule has 19 heavy (non-hydrogen) atoms. The maximum absolute atomic E-state index is 13.5. The highest BCUT2D eigenvalue weighted by atomic mass is 35.5. The van der Waals surface area contributed by atoms with Crippen molar-refractivity contribution in [1.29, 1.82) is 0 Å². The second-order valence-corrected chi connectivity index (χ2v) is 4.55. The first-order valence-corrected chi connectivity index (χ1v) is 6.37. The molecule has 1 aromatic rings. The Bertz CT molecular complexity index is 480. The SMILES string of the molecule is CCCNC(=O)C(C)NC(=O)c1cc(Cl)ccc1F. The number of amides is 2. The molecular formula is C13H16ClFN2O2. The van der Waals surface area contributed by atoms with Gasteiger partial charge < -0.3 is 10.6 Å². The van der Waals surface area contributed by atoms with Gasteiger partial charge in [0.25, 0.3) is 5.91 Å². The van der Waals surface area contributed by atoms with Crippen LogP contribution in [-0.2, 0) is 4.79 Å². The monoisotopic (exact) mass is 286 g/mol. The maximum Gasteiger partial charge on any atom is 0.254 e. The van der Waals surface area contributed by atoms with E-state index in [0.29, 0.717) is 6.54 Å². The van der Waals surface area contributed by atoms with E-state index in [-0.39, 0.29) is 16.5 Å². The first kappa shape index (κ1) is 15.4. The second kappa shape index (κ2) is 7.09. The Balaban J connectivity index is 2.68. The lowest BCUT2D eigenvalue weighted by molar-refractivity contribution is -0.122. The van der Waals surface area contributed by atoms with Crippen LogP contribution < -0.4 is 10.6 Å². The summed E-state index contributed by atoms with van der Waals surface area (Å²) in [6.07, 6.45) is 0.801. The molecule has 0 aliphatic heterocycles. The summed E-state index contributed by atoms with van der Waals surface area (Å²) in [4.78, 5) is 23.4. The Morgan fingerprint density at radius 1 is 1.42 bits per heavy atom. The molecule has 0 spiro atoms. The molecule has 0 saturated heterocycles. The van der Waals surface area contributed by atoms with Crippen LogP contribution in [0.1, 0.15) is 30.6 Å². The van der Waals surface area contributed by atoms with Crippen molar-refractivity contribution in [3.8, 4) is 0 Å². The Morgan fingerprint density at radius 3 is 2.74 bits per heavy atom. The average Bonchev–Trinajstić information content (AvgIpc) is 2.38. The fourth-order valence-electron chi connectivity index (χ4n) is 1.41. The summed E-state index contributed by atoms with van der Waals surface area (Å²) in [5, 5.41) is 5.32. The summed E-state index contributed by atoms with van der Waals surface area (Å²) < 4.78 is 13.5. The van der Waals surface area contributed by atoms with E-state index in [1.54, 1.807) is 0 Å². The van der Waals surface area contributed by atoms with Crippen molar-refractivity contribution in [3.05, 3.63) is 34.6 Å². The van der Waals surface area contributed by atoms with Gasteiger partial charge in [0.2, 0.25) is 5.91 Å². The summed E-state index contributed by atoms with van der Waals surface area (Å²) >= 11 is 5.70. The van der Waals surface area contributed by atoms with Gasteiger partial charge in [0, 0.05) is 11.6 Å². The number of hydrogen-bond donors (Lipinski definition) is 2. The van der Waals surface area contributed by atoms with E-state index in [2.05, 4.69) is 10.6 Å². The molecule has 0 bridgehead atoms. The molecular weight excluding hydrogens is 271 g/mol. The molecule has 0 saturated carbocycles. The molecule has 6 heteroatoms. The molecule has 0 fully saturated rings. The van der Waals surface area contributed by atoms with Crippen molar-refractivity contribution in [2.24, 2.45) is 0 Å². The molecule has 0 radical (unpaired) electrons. The Morgan fingerprint density at radius 2 is 2.11 bits per heavy atom. The van der Waals surface area contributed by atoms with Crippen LogP contribution in [0.5, 0.6) is 0 Å². The number of halogens is 2. The van der Waals surface area contributed by atoms with Crippen LogP contribution in [0.15, 0.2) is 18.2 Å². The molecule has 1 atom stereocenters. The molecule has 0 aliphatic carbocycles. The van der Waals surface area contributed by atoms with E-state index in [0.717, 1.165) is 12.5 Å². The van der Waals surface area contributed by atoms with Crippen LogP contribution in [0.2, 0.25) is 5.02 Å². The predicted octanol–water partition coefficient (Wildman–Crippen LogP) is 2.12. The zero-order chi connectivity index (χ0) is 14.4. The van der Waals surface area contributed by atoms with Crippen LogP contribution in [0.4, 0.5) is 4.39 Å². The molecule has 1 unspecified atom stereocenters. The van der Waals surface area contributed by atoms with E-state index in [9.17, 15) is 14.0 Å². The van der Waals surface area contributed by atoms with Crippen LogP contribution in [0, 0.1) is 5.82 Å². The van der Waals surface area contributed by atoms with Gasteiger partial charge in [-0.1, -0.05) is 18.5 Å². The number of nitrogens with one attached hydrogen (secondary N) is 2. The van der Waals surface area contributed by atoms with E-state index < -0.39 is 17.8 Å². The van der Waals surface area contributed by atoms with E-state index in [4.69, 9.17) is 11.6 Å². The van der Waals surface area contributed by atoms with Crippen molar-refractivity contribution in [1.82, 2.24) is 10.6 Å². The Hall–Kier alpha value is -1.62. The lowest BCUT2D eigenvalue weighted by atomic mass is 10.2. The van der Waals surface area contributed by atoms with Crippen molar-refractivity contribution in [3.63, 3.8) is 0 Å². The molecule has 1 aromatic carbocycles. The topological polar surface area (TPSA) is 58.2 Å². The quantitative estimate of drug-likeness (QED) is 0.871. The maximum atomic E-state index is 13.5. The van der Waals surface area contributed by atoms with Gasteiger partial charge in [0.05, 0.1) is 5.56 Å². The lowest BCUT2D eigenvalue weighted by Crippen LogP contribution is -2.45. The minimum absolute atomic E-state index is 0.178. The van der Waals surface area contributed by atoms with Crippen LogP contribution in [0.3, 0.4) is 0 Å². The first-order valence-electron chi connectivity index (χ1n) is 5.99. The zero-order valence-electron chi connectivity index (χ0n) is 10.8. The third-order valence-corrected chi connectivity index (χ3v) is 2.70. The summed E-state index contributed by atoms with van der Waals surface area (Å²) in [7, 11) is 0. The van der Waals surface area contributed by atoms with Gasteiger partial charge in [-0.3, -0.25) is 9.59 Å². The fourth-order valence-corrected chi connectivity index (χ4v) is 1.58. The Kier molecular flexibility index (Phi) is 5.76. The highest BCUT2D eigenvalue weighted by molar-refractivity contribution is 6.31. The first-order chi connectivity index (χ1) is 8.95. The van der Waals surface area contributed by atoms with Gasteiger partial charge in [-0.2, -0.15) is 0 Å². The minimum atomic E-state index is -0.738. The largest absolute Gasteiger partial charge is 0.354 e. The van der Waals surface area contributed by atoms with Gasteiger partial charge in [0.15, 0.2) is 0 Å². The van der Waals surface area contributed by atoms with E-state index in [1.165, 1.54) is 19.1 Å². The number of carbonyl (C=O) groups is 2. The molecule has 4 nitrogen and oxygen atoms in total. The van der Waals surface area contributed by atoms with Crippen LogP contribution >= 0.6 is 11.6 Å². The van der Waals surface area contributed by atoms with Crippen molar-refractivity contribution >= 4 is 23.4 Å². The molecule has 0 heterocycles. The van der Waals surface area contributed by atoms with Crippen LogP contribution in [-0.4, -0.2) is 24.4 Å². The number of carbonyl (C=O) groups excluding carboxylic acids is 2. The highest BCUT2D eigenvalue weighted by Gasteiger charge is 2.18. The van der Waals surface area contributed by atoms with Gasteiger partial charge in [-0.25, -0.2) is 4.39 Å². The summed E-state index contributed by atoms with van der Waals surface area (Å²) in [5.41, 5.74) is -0.178. The highest BCUT2D eigenvalue weighted by Crippen LogP contribution is 2.14. The minimum Gasteiger partial charge on any atom is -0.354 e. The van der Waals surface area contributed by atoms with E-state index >= 15 is 0 Å². The summed E-state index contributed by atoms with van der Waals surface area (Å²) in [5.74, 6) is -1.65. The van der Waals surface area contributed by atoms with Crippen molar-refractivity contribution < 1.29 is 14.0 Å². The smallest absolute Gasteiger partial charge is 0.254 e. The molecule has 0 aliphatic rings. The van der Waals surface area contributed by atoms with Crippen molar-refractivity contribution in [2.45, 2.75) is 26.3 Å². The predicted molar refractivity (Wildman–Crippen MR) is 71.6 cm³/mol. The lowest BCUT2D eigenvalue weighted by Gasteiger charge is -2.14. The summed E-state index contributed by atoms with van der Waals surface area (Å²) in [6.45, 7) is 3.99. The van der Waals surface area contributed by atoms with E-state index in [1.807, 2.05) is 6.92 Å². The average molecular weight is 287 g/mol. The third-order valence-electron chi connectivity index (χ3n) is 2.46. The van der Waals surface area contributed by atoms with Crippen LogP contribution in [0.25, 0.3) is 0 Å². The van der Waals surface area contributed by atoms with Gasteiger partial charge in [0.1, 0.15) is 11.9 Å².